The maximum atomic E-state index is 13.3. The molecule has 0 aromatic heterocycles. The molecule has 0 bridgehead atoms. The fourth-order valence-electron chi connectivity index (χ4n) is 2.65. The van der Waals surface area contributed by atoms with Crippen LogP contribution >= 0.6 is 15.9 Å². The molecule has 0 radical (unpaired) electrons. The van der Waals surface area contributed by atoms with E-state index in [1.807, 2.05) is 18.7 Å². The molecular weight excluding hydrogens is 311 g/mol. The molecule has 1 saturated heterocycles. The Morgan fingerprint density at radius 2 is 2.16 bits per heavy atom. The Labute approximate surface area is 121 Å². The van der Waals surface area contributed by atoms with Gasteiger partial charge < -0.3 is 10.6 Å². The molecule has 2 N–H and O–H groups in total. The van der Waals surface area contributed by atoms with Crippen molar-refractivity contribution in [2.24, 2.45) is 5.73 Å². The highest BCUT2D eigenvalue weighted by molar-refractivity contribution is 9.10. The van der Waals surface area contributed by atoms with Crippen LogP contribution in [0.5, 0.6) is 0 Å². The Kier molecular flexibility index (Phi) is 4.26. The number of halogens is 2. The SMILES string of the molecule is CC(C)N1C(=O)CCC(N)C1c1ccc(F)c(Br)c1. The van der Waals surface area contributed by atoms with Crippen LogP contribution in [0.3, 0.4) is 0 Å². The molecule has 1 amide bonds. The van der Waals surface area contributed by atoms with Crippen LogP contribution in [-0.2, 0) is 4.79 Å². The topological polar surface area (TPSA) is 46.3 Å². The van der Waals surface area contributed by atoms with Crippen molar-refractivity contribution in [2.45, 2.75) is 44.8 Å². The minimum atomic E-state index is -0.310. The number of rotatable bonds is 2. The van der Waals surface area contributed by atoms with Crippen molar-refractivity contribution in [3.8, 4) is 0 Å². The number of piperidine rings is 1. The lowest BCUT2D eigenvalue weighted by atomic mass is 9.89. The Hall–Kier alpha value is -0.940. The Bertz CT molecular complexity index is 492. The van der Waals surface area contributed by atoms with Crippen LogP contribution < -0.4 is 5.73 Å². The van der Waals surface area contributed by atoms with Crippen LogP contribution in [-0.4, -0.2) is 22.9 Å². The molecule has 1 heterocycles. The minimum Gasteiger partial charge on any atom is -0.332 e. The zero-order valence-corrected chi connectivity index (χ0v) is 12.7. The molecule has 1 aromatic carbocycles. The molecule has 0 saturated carbocycles. The number of hydrogen-bond donors (Lipinski definition) is 1. The van der Waals surface area contributed by atoms with Crippen molar-refractivity contribution in [1.29, 1.82) is 0 Å². The summed E-state index contributed by atoms with van der Waals surface area (Å²) in [6.07, 6.45) is 1.15. The first-order valence-electron chi connectivity index (χ1n) is 6.43. The molecule has 2 atom stereocenters. The van der Waals surface area contributed by atoms with Gasteiger partial charge >= 0.3 is 0 Å². The number of hydrogen-bond acceptors (Lipinski definition) is 2. The zero-order chi connectivity index (χ0) is 14.2. The summed E-state index contributed by atoms with van der Waals surface area (Å²) in [5.41, 5.74) is 7.06. The molecule has 0 spiro atoms. The molecule has 19 heavy (non-hydrogen) atoms. The number of benzene rings is 1. The van der Waals surface area contributed by atoms with Crippen LogP contribution in [0.1, 0.15) is 38.3 Å². The third-order valence-electron chi connectivity index (χ3n) is 3.53. The van der Waals surface area contributed by atoms with E-state index < -0.39 is 0 Å². The molecular formula is C14H18BrFN2O. The lowest BCUT2D eigenvalue weighted by Crippen LogP contribution is -2.51. The van der Waals surface area contributed by atoms with Crippen LogP contribution in [0.25, 0.3) is 0 Å². The van der Waals surface area contributed by atoms with E-state index in [1.54, 1.807) is 12.1 Å². The summed E-state index contributed by atoms with van der Waals surface area (Å²) in [5.74, 6) is -0.197. The maximum Gasteiger partial charge on any atom is 0.223 e. The Morgan fingerprint density at radius 1 is 1.47 bits per heavy atom. The minimum absolute atomic E-state index is 0.0766. The molecule has 2 unspecified atom stereocenters. The van der Waals surface area contributed by atoms with Crippen molar-refractivity contribution in [3.05, 3.63) is 34.1 Å². The van der Waals surface area contributed by atoms with E-state index in [0.29, 0.717) is 17.3 Å². The van der Waals surface area contributed by atoms with Crippen molar-refractivity contribution in [3.63, 3.8) is 0 Å². The number of carbonyl (C=O) groups excluding carboxylic acids is 1. The number of likely N-dealkylation sites (tertiary alicyclic amines) is 1. The van der Waals surface area contributed by atoms with Gasteiger partial charge in [0.25, 0.3) is 0 Å². The first-order valence-corrected chi connectivity index (χ1v) is 7.22. The first kappa shape index (κ1) is 14.5. The normalized spacial score (nSPS) is 24.1. The van der Waals surface area contributed by atoms with Gasteiger partial charge in [-0.1, -0.05) is 6.07 Å². The number of nitrogens with two attached hydrogens (primary N) is 1. The van der Waals surface area contributed by atoms with Crippen molar-refractivity contribution >= 4 is 21.8 Å². The quantitative estimate of drug-likeness (QED) is 0.907. The van der Waals surface area contributed by atoms with Crippen molar-refractivity contribution in [2.75, 3.05) is 0 Å². The predicted molar refractivity (Wildman–Crippen MR) is 76.0 cm³/mol. The van der Waals surface area contributed by atoms with Gasteiger partial charge in [0.1, 0.15) is 5.82 Å². The van der Waals surface area contributed by atoms with Gasteiger partial charge in [0.2, 0.25) is 5.91 Å². The van der Waals surface area contributed by atoms with Crippen LogP contribution in [0.15, 0.2) is 22.7 Å². The van der Waals surface area contributed by atoms with Gasteiger partial charge in [0, 0.05) is 18.5 Å². The number of amides is 1. The Balaban J connectivity index is 2.42. The van der Waals surface area contributed by atoms with Gasteiger partial charge in [-0.05, 0) is 53.9 Å². The molecule has 5 heteroatoms. The van der Waals surface area contributed by atoms with E-state index in [-0.39, 0.29) is 29.8 Å². The largest absolute Gasteiger partial charge is 0.332 e. The lowest BCUT2D eigenvalue weighted by Gasteiger charge is -2.42. The molecule has 2 rings (SSSR count). The van der Waals surface area contributed by atoms with Gasteiger partial charge in [-0.3, -0.25) is 4.79 Å². The van der Waals surface area contributed by atoms with E-state index >= 15 is 0 Å². The third kappa shape index (κ3) is 2.82. The lowest BCUT2D eigenvalue weighted by molar-refractivity contribution is -0.139. The first-order chi connectivity index (χ1) is 8.91. The van der Waals surface area contributed by atoms with Gasteiger partial charge in [-0.2, -0.15) is 0 Å². The fraction of sp³-hybridized carbons (Fsp3) is 0.500. The standard InChI is InChI=1S/C14H18BrFN2O/c1-8(2)18-13(19)6-5-12(17)14(18)9-3-4-11(16)10(15)7-9/h3-4,7-8,12,14H,5-6,17H2,1-2H3. The second kappa shape index (κ2) is 5.59. The summed E-state index contributed by atoms with van der Waals surface area (Å²) in [5, 5.41) is 0. The van der Waals surface area contributed by atoms with Gasteiger partial charge in [0.15, 0.2) is 0 Å². The molecule has 1 aromatic rings. The number of nitrogens with zero attached hydrogens (tertiary/aromatic N) is 1. The highest BCUT2D eigenvalue weighted by Crippen LogP contribution is 2.34. The Morgan fingerprint density at radius 3 is 2.74 bits per heavy atom. The van der Waals surface area contributed by atoms with Gasteiger partial charge in [-0.25, -0.2) is 4.39 Å². The predicted octanol–water partition coefficient (Wildman–Crippen LogP) is 2.99. The monoisotopic (exact) mass is 328 g/mol. The van der Waals surface area contributed by atoms with Crippen molar-refractivity contribution in [1.82, 2.24) is 4.90 Å². The molecule has 1 fully saturated rings. The average molecular weight is 329 g/mol. The second-order valence-electron chi connectivity index (χ2n) is 5.22. The maximum absolute atomic E-state index is 13.3. The fourth-order valence-corrected chi connectivity index (χ4v) is 3.05. The summed E-state index contributed by atoms with van der Waals surface area (Å²) < 4.78 is 13.7. The summed E-state index contributed by atoms with van der Waals surface area (Å²) in [6.45, 7) is 3.95. The molecule has 1 aliphatic rings. The highest BCUT2D eigenvalue weighted by atomic mass is 79.9. The van der Waals surface area contributed by atoms with Crippen LogP contribution in [0.2, 0.25) is 0 Å². The summed E-state index contributed by atoms with van der Waals surface area (Å²) in [7, 11) is 0. The molecule has 3 nitrogen and oxygen atoms in total. The second-order valence-corrected chi connectivity index (χ2v) is 6.07. The highest BCUT2D eigenvalue weighted by Gasteiger charge is 2.36. The van der Waals surface area contributed by atoms with Gasteiger partial charge in [-0.15, -0.1) is 0 Å². The van der Waals surface area contributed by atoms with Gasteiger partial charge in [0.05, 0.1) is 10.5 Å². The molecule has 0 aliphatic carbocycles. The van der Waals surface area contributed by atoms with Crippen LogP contribution in [0, 0.1) is 5.82 Å². The van der Waals surface area contributed by atoms with Crippen LogP contribution in [0.4, 0.5) is 4.39 Å². The third-order valence-corrected chi connectivity index (χ3v) is 4.13. The van der Waals surface area contributed by atoms with E-state index in [2.05, 4.69) is 15.9 Å². The summed E-state index contributed by atoms with van der Waals surface area (Å²) >= 11 is 3.19. The molecule has 1 aliphatic heterocycles. The van der Waals surface area contributed by atoms with E-state index in [9.17, 15) is 9.18 Å². The average Bonchev–Trinajstić information content (AvgIpc) is 2.35. The molecule has 104 valence electrons. The van der Waals surface area contributed by atoms with E-state index in [4.69, 9.17) is 5.73 Å². The van der Waals surface area contributed by atoms with Crippen molar-refractivity contribution < 1.29 is 9.18 Å². The summed E-state index contributed by atoms with van der Waals surface area (Å²) in [4.78, 5) is 13.9. The van der Waals surface area contributed by atoms with E-state index in [1.165, 1.54) is 6.07 Å². The zero-order valence-electron chi connectivity index (χ0n) is 11.1. The van der Waals surface area contributed by atoms with E-state index in [0.717, 1.165) is 5.56 Å². The summed E-state index contributed by atoms with van der Waals surface area (Å²) in [6, 6.07) is 4.61. The smallest absolute Gasteiger partial charge is 0.223 e. The number of carbonyl (C=O) groups is 1.